The van der Waals surface area contributed by atoms with Crippen LogP contribution >= 0.6 is 22.6 Å². The van der Waals surface area contributed by atoms with E-state index in [1.807, 2.05) is 43.1 Å². The first kappa shape index (κ1) is 27.3. The van der Waals surface area contributed by atoms with Gasteiger partial charge in [-0.3, -0.25) is 9.80 Å². The molecule has 0 bridgehead atoms. The third kappa shape index (κ3) is 5.91. The number of imidazole rings is 1. The van der Waals surface area contributed by atoms with Crippen LogP contribution in [0, 0.1) is 6.92 Å². The number of benzene rings is 1. The molecule has 4 rings (SSSR count). The number of aromatic nitrogens is 2. The van der Waals surface area contributed by atoms with Gasteiger partial charge in [0.2, 0.25) is 5.91 Å². The van der Waals surface area contributed by atoms with Gasteiger partial charge in [0.05, 0.1) is 24.0 Å². The maximum Gasteiger partial charge on any atom is 0.344 e. The lowest BCUT2D eigenvalue weighted by Crippen LogP contribution is -2.63. The number of hydrogen-bond acceptors (Lipinski definition) is 6. The molecule has 0 radical (unpaired) electrons. The number of carbonyl (C=O) groups excluding carboxylic acids is 3. The first-order chi connectivity index (χ1) is 17.6. The summed E-state index contributed by atoms with van der Waals surface area (Å²) in [6, 6.07) is 6.10. The van der Waals surface area contributed by atoms with E-state index in [4.69, 9.17) is 4.74 Å². The van der Waals surface area contributed by atoms with E-state index in [0.717, 1.165) is 15.7 Å². The quantitative estimate of drug-likeness (QED) is 0.346. The minimum atomic E-state index is -0.926. The molecule has 0 saturated carbocycles. The molecule has 2 aliphatic heterocycles. The fourth-order valence-corrected chi connectivity index (χ4v) is 5.23. The summed E-state index contributed by atoms with van der Waals surface area (Å²) in [6.07, 6.45) is 1.72. The first-order valence-corrected chi connectivity index (χ1v) is 13.9. The Kier molecular flexibility index (Phi) is 8.39. The molecule has 1 aromatic carbocycles. The van der Waals surface area contributed by atoms with Gasteiger partial charge in [-0.25, -0.2) is 24.1 Å². The summed E-state index contributed by atoms with van der Waals surface area (Å²) in [4.78, 5) is 45.3. The predicted molar refractivity (Wildman–Crippen MR) is 147 cm³/mol. The number of halogens is 1. The number of nitrogens with zero attached hydrogens (tertiary/aromatic N) is 5. The molecule has 1 unspecified atom stereocenters. The van der Waals surface area contributed by atoms with Gasteiger partial charge in [-0.15, -0.1) is 0 Å². The maximum absolute atomic E-state index is 13.7. The van der Waals surface area contributed by atoms with Crippen molar-refractivity contribution in [1.29, 1.82) is 0 Å². The van der Waals surface area contributed by atoms with Crippen LogP contribution in [-0.4, -0.2) is 86.9 Å². The van der Waals surface area contributed by atoms with Gasteiger partial charge in [-0.2, -0.15) is 0 Å². The Labute approximate surface area is 230 Å². The molecule has 3 heterocycles. The number of hydrogen-bond donors (Lipinski definition) is 2. The average Bonchev–Trinajstić information content (AvgIpc) is 3.41. The smallest absolute Gasteiger partial charge is 0.344 e. The molecule has 1 aromatic heterocycles. The number of hydrazine groups is 1. The number of carbonyl (C=O) groups is 3. The molecule has 0 spiro atoms. The van der Waals surface area contributed by atoms with Crippen LogP contribution in [0.3, 0.4) is 0 Å². The SMILES string of the molecule is CCOC(C)(C)C(NC(=O)Nc1ccc(CI)cc1)C(=O)N1CCN(N2Cc3cnc(C)n3C2=O)CC1. The number of urea groups is 1. The van der Waals surface area contributed by atoms with Crippen molar-refractivity contribution in [3.8, 4) is 0 Å². The Hall–Kier alpha value is -2.71. The van der Waals surface area contributed by atoms with Gasteiger partial charge in [0, 0.05) is 42.9 Å². The second-order valence-electron chi connectivity index (χ2n) is 9.65. The molecule has 1 fully saturated rings. The molecule has 37 heavy (non-hydrogen) atoms. The van der Waals surface area contributed by atoms with Gasteiger partial charge < -0.3 is 20.3 Å². The van der Waals surface area contributed by atoms with Crippen LogP contribution < -0.4 is 10.6 Å². The molecule has 2 aromatic rings. The van der Waals surface area contributed by atoms with Gasteiger partial charge >= 0.3 is 12.1 Å². The highest BCUT2D eigenvalue weighted by Crippen LogP contribution is 2.23. The number of rotatable bonds is 8. The molecule has 2 N–H and O–H groups in total. The highest BCUT2D eigenvalue weighted by molar-refractivity contribution is 14.1. The summed E-state index contributed by atoms with van der Waals surface area (Å²) in [6.45, 7) is 10.0. The van der Waals surface area contributed by atoms with E-state index in [9.17, 15) is 14.4 Å². The van der Waals surface area contributed by atoms with Crippen molar-refractivity contribution in [2.75, 3.05) is 38.1 Å². The molecular weight excluding hydrogens is 589 g/mol. The van der Waals surface area contributed by atoms with Crippen LogP contribution in [0.1, 0.15) is 37.9 Å². The molecule has 4 amide bonds. The van der Waals surface area contributed by atoms with Crippen molar-refractivity contribution in [1.82, 2.24) is 29.8 Å². The third-order valence-electron chi connectivity index (χ3n) is 6.74. The van der Waals surface area contributed by atoms with Gasteiger partial charge in [-0.05, 0) is 45.4 Å². The van der Waals surface area contributed by atoms with Crippen molar-refractivity contribution in [3.63, 3.8) is 0 Å². The molecule has 0 aliphatic carbocycles. The minimum Gasteiger partial charge on any atom is -0.373 e. The Morgan fingerprint density at radius 2 is 1.84 bits per heavy atom. The minimum absolute atomic E-state index is 0.120. The molecule has 2 aliphatic rings. The van der Waals surface area contributed by atoms with E-state index < -0.39 is 17.7 Å². The van der Waals surface area contributed by atoms with Crippen molar-refractivity contribution in [3.05, 3.63) is 47.5 Å². The van der Waals surface area contributed by atoms with E-state index in [1.165, 1.54) is 0 Å². The van der Waals surface area contributed by atoms with E-state index in [1.54, 1.807) is 34.5 Å². The Balaban J connectivity index is 1.39. The zero-order valence-electron chi connectivity index (χ0n) is 21.7. The van der Waals surface area contributed by atoms with Crippen molar-refractivity contribution in [2.45, 2.75) is 50.3 Å². The van der Waals surface area contributed by atoms with Crippen molar-refractivity contribution >= 4 is 46.2 Å². The number of amides is 4. The standard InChI is InChI=1S/C25H34IN7O4/c1-5-37-25(3,4)21(29-23(35)28-19-8-6-18(14-26)7-9-19)22(34)30-10-12-31(13-11-30)32-16-20-15-27-17(2)33(20)24(32)36/h6-9,15,21H,5,10-14,16H2,1-4H3,(H2,28,29,35). The summed E-state index contributed by atoms with van der Waals surface area (Å²) in [5.74, 6) is 0.454. The number of nitrogens with one attached hydrogen (secondary N) is 2. The molecule has 11 nitrogen and oxygen atoms in total. The number of fused-ring (bicyclic) bond motifs is 1. The molecule has 1 saturated heterocycles. The van der Waals surface area contributed by atoms with Gasteiger partial charge in [0.1, 0.15) is 11.9 Å². The summed E-state index contributed by atoms with van der Waals surface area (Å²) in [5, 5.41) is 9.35. The second kappa shape index (κ2) is 11.4. The molecule has 12 heteroatoms. The number of alkyl halides is 1. The summed E-state index contributed by atoms with van der Waals surface area (Å²) >= 11 is 2.28. The predicted octanol–water partition coefficient (Wildman–Crippen LogP) is 2.97. The van der Waals surface area contributed by atoms with E-state index in [2.05, 4.69) is 38.2 Å². The Morgan fingerprint density at radius 3 is 2.43 bits per heavy atom. The summed E-state index contributed by atoms with van der Waals surface area (Å²) < 4.78 is 8.38. The van der Waals surface area contributed by atoms with Crippen LogP contribution in [0.5, 0.6) is 0 Å². The number of piperazine rings is 1. The number of ether oxygens (including phenoxy) is 1. The fourth-order valence-electron chi connectivity index (χ4n) is 4.73. The second-order valence-corrected chi connectivity index (χ2v) is 10.4. The summed E-state index contributed by atoms with van der Waals surface area (Å²) in [7, 11) is 0. The first-order valence-electron chi connectivity index (χ1n) is 12.4. The van der Waals surface area contributed by atoms with Crippen LogP contribution in [0.4, 0.5) is 15.3 Å². The zero-order chi connectivity index (χ0) is 26.7. The van der Waals surface area contributed by atoms with Crippen LogP contribution in [0.2, 0.25) is 0 Å². The number of aryl methyl sites for hydroxylation is 1. The monoisotopic (exact) mass is 623 g/mol. The molecule has 200 valence electrons. The lowest BCUT2D eigenvalue weighted by atomic mass is 9.96. The van der Waals surface area contributed by atoms with Crippen LogP contribution in [-0.2, 0) is 20.5 Å². The zero-order valence-corrected chi connectivity index (χ0v) is 23.8. The lowest BCUT2D eigenvalue weighted by Gasteiger charge is -2.42. The van der Waals surface area contributed by atoms with E-state index in [-0.39, 0.29) is 11.9 Å². The van der Waals surface area contributed by atoms with Crippen molar-refractivity contribution < 1.29 is 19.1 Å². The number of anilines is 1. The van der Waals surface area contributed by atoms with E-state index in [0.29, 0.717) is 50.8 Å². The summed E-state index contributed by atoms with van der Waals surface area (Å²) in [5.41, 5.74) is 1.74. The Bertz CT molecular complexity index is 1140. The topological polar surface area (TPSA) is 112 Å². The maximum atomic E-state index is 13.7. The normalized spacial score (nSPS) is 17.1. The molecular formula is C25H34IN7O4. The highest BCUT2D eigenvalue weighted by atomic mass is 127. The average molecular weight is 623 g/mol. The van der Waals surface area contributed by atoms with Crippen LogP contribution in [0.15, 0.2) is 30.5 Å². The van der Waals surface area contributed by atoms with Gasteiger partial charge in [0.25, 0.3) is 0 Å². The molecule has 1 atom stereocenters. The largest absolute Gasteiger partial charge is 0.373 e. The van der Waals surface area contributed by atoms with Crippen molar-refractivity contribution in [2.24, 2.45) is 0 Å². The van der Waals surface area contributed by atoms with Gasteiger partial charge in [-0.1, -0.05) is 34.7 Å². The highest BCUT2D eigenvalue weighted by Gasteiger charge is 2.41. The van der Waals surface area contributed by atoms with Crippen LogP contribution in [0.25, 0.3) is 0 Å². The lowest BCUT2D eigenvalue weighted by molar-refractivity contribution is -0.145. The Morgan fingerprint density at radius 1 is 1.16 bits per heavy atom. The third-order valence-corrected chi connectivity index (χ3v) is 7.63. The van der Waals surface area contributed by atoms with Gasteiger partial charge in [0.15, 0.2) is 0 Å². The van der Waals surface area contributed by atoms with E-state index >= 15 is 0 Å². The fraction of sp³-hybridized carbons (Fsp3) is 0.520.